The molecule has 5 heterocycles. The summed E-state index contributed by atoms with van der Waals surface area (Å²) in [5.74, 6) is -1.15. The summed E-state index contributed by atoms with van der Waals surface area (Å²) in [4.78, 5) is 44.7. The van der Waals surface area contributed by atoms with Crippen LogP contribution < -0.4 is 10.9 Å². The summed E-state index contributed by atoms with van der Waals surface area (Å²) in [7, 11) is 0. The van der Waals surface area contributed by atoms with Crippen LogP contribution in [0.25, 0.3) is 11.2 Å². The zero-order valence-electron chi connectivity index (χ0n) is 18.0. The van der Waals surface area contributed by atoms with Crippen molar-refractivity contribution in [2.45, 2.75) is 39.4 Å². The molecule has 3 aromatic heterocycles. The summed E-state index contributed by atoms with van der Waals surface area (Å²) in [6, 6.07) is 4.08. The molecule has 0 aromatic carbocycles. The summed E-state index contributed by atoms with van der Waals surface area (Å²) >= 11 is 0. The number of fused-ring (bicyclic) bond motifs is 2. The fourth-order valence-corrected chi connectivity index (χ4v) is 4.07. The first-order valence-corrected chi connectivity index (χ1v) is 10.5. The van der Waals surface area contributed by atoms with Gasteiger partial charge in [-0.15, -0.1) is 0 Å². The standard InChI is InChI=1S/C22H21FN6O4/c1-12(2)27-9-15-20(22(27)32)28(10-18(30)25-17-4-3-14(23)8-24-17)19-7-16(13-5-6-33-11-13)26-29(19)21(15)31/h3-4,7-8,11-12H,5-6,9-10H2,1-2H3,(H,24,25,30). The summed E-state index contributed by atoms with van der Waals surface area (Å²) < 4.78 is 21.2. The molecule has 11 heteroatoms. The minimum atomic E-state index is -0.524. The second-order valence-electron chi connectivity index (χ2n) is 8.22. The van der Waals surface area contributed by atoms with Crippen molar-refractivity contribution in [2.75, 3.05) is 11.9 Å². The van der Waals surface area contributed by atoms with E-state index >= 15 is 0 Å². The highest BCUT2D eigenvalue weighted by Crippen LogP contribution is 2.27. The molecular weight excluding hydrogens is 431 g/mol. The highest BCUT2D eigenvalue weighted by molar-refractivity contribution is 5.98. The van der Waals surface area contributed by atoms with Crippen LogP contribution in [-0.4, -0.2) is 48.5 Å². The summed E-state index contributed by atoms with van der Waals surface area (Å²) in [5, 5.41) is 7.05. The van der Waals surface area contributed by atoms with E-state index in [0.717, 1.165) is 11.8 Å². The van der Waals surface area contributed by atoms with Crippen LogP contribution in [0.1, 0.15) is 42.0 Å². The van der Waals surface area contributed by atoms with Gasteiger partial charge in [0.1, 0.15) is 29.5 Å². The number of nitrogens with zero attached hydrogens (tertiary/aromatic N) is 5. The minimum Gasteiger partial charge on any atom is -0.500 e. The minimum absolute atomic E-state index is 0.126. The van der Waals surface area contributed by atoms with Gasteiger partial charge in [-0.25, -0.2) is 9.37 Å². The Morgan fingerprint density at radius 2 is 2.12 bits per heavy atom. The first-order chi connectivity index (χ1) is 15.8. The molecule has 0 atom stereocenters. The number of hydrogen-bond donors (Lipinski definition) is 1. The number of anilines is 1. The van der Waals surface area contributed by atoms with E-state index < -0.39 is 11.7 Å². The van der Waals surface area contributed by atoms with E-state index in [4.69, 9.17) is 4.74 Å². The summed E-state index contributed by atoms with van der Waals surface area (Å²) in [6.45, 7) is 4.13. The lowest BCUT2D eigenvalue weighted by Gasteiger charge is -2.20. The Hall–Kier alpha value is -4.02. The zero-order chi connectivity index (χ0) is 23.3. The van der Waals surface area contributed by atoms with Crippen molar-refractivity contribution in [2.24, 2.45) is 0 Å². The van der Waals surface area contributed by atoms with Crippen molar-refractivity contribution in [3.63, 3.8) is 0 Å². The Balaban J connectivity index is 1.61. The van der Waals surface area contributed by atoms with E-state index in [9.17, 15) is 18.8 Å². The smallest absolute Gasteiger partial charge is 0.280 e. The van der Waals surface area contributed by atoms with Gasteiger partial charge in [0.05, 0.1) is 36.9 Å². The van der Waals surface area contributed by atoms with Gasteiger partial charge in [0.2, 0.25) is 5.91 Å². The molecule has 33 heavy (non-hydrogen) atoms. The maximum Gasteiger partial charge on any atom is 0.280 e. The highest BCUT2D eigenvalue weighted by Gasteiger charge is 2.36. The fraction of sp³-hybridized carbons (Fsp3) is 0.318. The van der Waals surface area contributed by atoms with Gasteiger partial charge < -0.3 is 19.5 Å². The number of aromatic nitrogens is 4. The molecule has 2 aliphatic rings. The Morgan fingerprint density at radius 1 is 1.30 bits per heavy atom. The maximum absolute atomic E-state index is 13.2. The monoisotopic (exact) mass is 452 g/mol. The van der Waals surface area contributed by atoms with E-state index in [1.165, 1.54) is 21.2 Å². The topological polar surface area (TPSA) is 111 Å². The van der Waals surface area contributed by atoms with Crippen LogP contribution in [0, 0.1) is 5.82 Å². The van der Waals surface area contributed by atoms with E-state index in [0.29, 0.717) is 29.9 Å². The normalized spacial score (nSPS) is 15.2. The van der Waals surface area contributed by atoms with Crippen molar-refractivity contribution in [1.29, 1.82) is 0 Å². The van der Waals surface area contributed by atoms with E-state index in [1.807, 2.05) is 13.8 Å². The van der Waals surface area contributed by atoms with Crippen molar-refractivity contribution < 1.29 is 18.7 Å². The lowest BCUT2D eigenvalue weighted by atomic mass is 10.2. The lowest BCUT2D eigenvalue weighted by molar-refractivity contribution is -0.116. The number of halogens is 1. The van der Waals surface area contributed by atoms with Crippen LogP contribution >= 0.6 is 0 Å². The number of pyridine rings is 1. The molecule has 5 rings (SSSR count). The third kappa shape index (κ3) is 3.55. The first-order valence-electron chi connectivity index (χ1n) is 10.5. The van der Waals surface area contributed by atoms with Crippen LogP contribution in [0.5, 0.6) is 0 Å². The quantitative estimate of drug-likeness (QED) is 0.632. The molecule has 3 aromatic rings. The van der Waals surface area contributed by atoms with Crippen LogP contribution in [0.4, 0.5) is 10.2 Å². The van der Waals surface area contributed by atoms with Gasteiger partial charge >= 0.3 is 0 Å². The molecule has 0 unspecified atom stereocenters. The number of hydrogen-bond acceptors (Lipinski definition) is 6. The second-order valence-corrected chi connectivity index (χ2v) is 8.22. The predicted octanol–water partition coefficient (Wildman–Crippen LogP) is 1.79. The number of carbonyl (C=O) groups excluding carboxylic acids is 2. The number of carbonyl (C=O) groups is 2. The van der Waals surface area contributed by atoms with E-state index in [-0.39, 0.29) is 42.1 Å². The molecule has 2 amide bonds. The first kappa shape index (κ1) is 20.9. The van der Waals surface area contributed by atoms with Crippen molar-refractivity contribution in [1.82, 2.24) is 24.1 Å². The molecule has 0 spiro atoms. The van der Waals surface area contributed by atoms with Crippen molar-refractivity contribution in [3.8, 4) is 0 Å². The van der Waals surface area contributed by atoms with E-state index in [2.05, 4.69) is 15.4 Å². The maximum atomic E-state index is 13.2. The van der Waals surface area contributed by atoms with Gasteiger partial charge in [-0.05, 0) is 26.0 Å². The Bertz CT molecular complexity index is 1370. The highest BCUT2D eigenvalue weighted by atomic mass is 19.1. The van der Waals surface area contributed by atoms with Crippen molar-refractivity contribution >= 4 is 28.9 Å². The average Bonchev–Trinajstić information content (AvgIpc) is 3.51. The number of ether oxygens (including phenoxy) is 1. The molecular formula is C22H21FN6O4. The van der Waals surface area contributed by atoms with Gasteiger partial charge in [-0.2, -0.15) is 9.61 Å². The lowest BCUT2D eigenvalue weighted by Crippen LogP contribution is -2.32. The molecule has 0 radical (unpaired) electrons. The van der Waals surface area contributed by atoms with Gasteiger partial charge in [-0.3, -0.25) is 14.4 Å². The number of amides is 2. The molecule has 10 nitrogen and oxygen atoms in total. The number of rotatable bonds is 5. The molecule has 0 bridgehead atoms. The molecule has 0 fully saturated rings. The molecule has 2 aliphatic heterocycles. The fourth-order valence-electron chi connectivity index (χ4n) is 4.07. The SMILES string of the molecule is CC(C)N1Cc2c(n(CC(=O)Nc3ccc(F)cn3)c3cc(C4=COCC4)nn3c2=O)C1=O. The Labute approximate surface area is 187 Å². The van der Waals surface area contributed by atoms with Crippen LogP contribution in [-0.2, 0) is 22.6 Å². The molecule has 0 saturated carbocycles. The number of nitrogens with one attached hydrogen (secondary N) is 1. The third-order valence-electron chi connectivity index (χ3n) is 5.73. The van der Waals surface area contributed by atoms with Gasteiger partial charge in [-0.1, -0.05) is 0 Å². The predicted molar refractivity (Wildman–Crippen MR) is 116 cm³/mol. The van der Waals surface area contributed by atoms with Gasteiger partial charge in [0.15, 0.2) is 0 Å². The zero-order valence-corrected chi connectivity index (χ0v) is 18.0. The van der Waals surface area contributed by atoms with Crippen LogP contribution in [0.15, 0.2) is 35.5 Å². The molecule has 0 saturated heterocycles. The van der Waals surface area contributed by atoms with Gasteiger partial charge in [0, 0.05) is 24.1 Å². The van der Waals surface area contributed by atoms with Crippen molar-refractivity contribution in [3.05, 3.63) is 63.8 Å². The largest absolute Gasteiger partial charge is 0.500 e. The Morgan fingerprint density at radius 3 is 2.79 bits per heavy atom. The van der Waals surface area contributed by atoms with Crippen LogP contribution in [0.2, 0.25) is 0 Å². The van der Waals surface area contributed by atoms with Gasteiger partial charge in [0.25, 0.3) is 11.5 Å². The summed E-state index contributed by atoms with van der Waals surface area (Å²) in [5.41, 5.74) is 1.78. The average molecular weight is 452 g/mol. The summed E-state index contributed by atoms with van der Waals surface area (Å²) in [6.07, 6.45) is 3.24. The molecule has 170 valence electrons. The van der Waals surface area contributed by atoms with E-state index in [1.54, 1.807) is 17.2 Å². The third-order valence-corrected chi connectivity index (χ3v) is 5.73. The Kier molecular flexibility index (Phi) is 4.95. The second kappa shape index (κ2) is 7.84. The molecule has 1 N–H and O–H groups in total. The van der Waals surface area contributed by atoms with Crippen LogP contribution in [0.3, 0.4) is 0 Å². The molecule has 0 aliphatic carbocycles.